The molecule has 1 saturated carbocycles. The second kappa shape index (κ2) is 11.1. The minimum Gasteiger partial charge on any atom is -0.496 e. The van der Waals surface area contributed by atoms with E-state index in [0.717, 1.165) is 47.3 Å². The Kier molecular flexibility index (Phi) is 7.67. The number of rotatable bonds is 6. The van der Waals surface area contributed by atoms with Crippen LogP contribution in [0.3, 0.4) is 0 Å². The number of amides is 2. The van der Waals surface area contributed by atoms with Gasteiger partial charge in [0.1, 0.15) is 23.0 Å². The second-order valence-corrected chi connectivity index (χ2v) is 13.8. The van der Waals surface area contributed by atoms with Gasteiger partial charge in [-0.3, -0.25) is 19.1 Å². The molecule has 1 atom stereocenters. The van der Waals surface area contributed by atoms with E-state index in [4.69, 9.17) is 14.5 Å². The number of allylic oxidation sites excluding steroid dienone is 2. The number of aromatic nitrogens is 1. The van der Waals surface area contributed by atoms with Gasteiger partial charge in [-0.25, -0.2) is 4.98 Å². The summed E-state index contributed by atoms with van der Waals surface area (Å²) in [5.41, 5.74) is 4.83. The van der Waals surface area contributed by atoms with E-state index in [1.54, 1.807) is 13.4 Å². The van der Waals surface area contributed by atoms with Crippen molar-refractivity contribution in [1.82, 2.24) is 14.6 Å². The van der Waals surface area contributed by atoms with Gasteiger partial charge < -0.3 is 14.4 Å². The number of ether oxygens (including phenoxy) is 2. The quantitative estimate of drug-likeness (QED) is 0.367. The first-order valence-corrected chi connectivity index (χ1v) is 16.7. The fourth-order valence-corrected chi connectivity index (χ4v) is 8.03. The van der Waals surface area contributed by atoms with Gasteiger partial charge in [-0.05, 0) is 82.2 Å². The first kappa shape index (κ1) is 30.4. The zero-order valence-corrected chi connectivity index (χ0v) is 27.5. The van der Waals surface area contributed by atoms with E-state index in [9.17, 15) is 14.4 Å². The van der Waals surface area contributed by atoms with Crippen LogP contribution in [-0.2, 0) is 14.3 Å². The van der Waals surface area contributed by atoms with Crippen molar-refractivity contribution >= 4 is 29.5 Å². The Bertz CT molecular complexity index is 1650. The lowest BCUT2D eigenvalue weighted by Crippen LogP contribution is -2.54. The average molecular weight is 616 g/mol. The molecule has 2 aliphatic heterocycles. The molecule has 1 spiro atoms. The lowest BCUT2D eigenvalue weighted by molar-refractivity contribution is -0.135. The van der Waals surface area contributed by atoms with E-state index in [0.29, 0.717) is 59.8 Å². The number of likely N-dealkylation sites (N-methyl/N-ethyl adjacent to an activating group) is 1. The maximum atomic E-state index is 14.4. The summed E-state index contributed by atoms with van der Waals surface area (Å²) in [5.74, 6) is 1.04. The standard InChI is InChI=1S/C35H41N3O5S/c1-8-38-33(41)29-25(17-34(38,4)5)43-26-18-35(14-9-15-35)16-23(39)28(26)30(29)27-20(3)21(11-13-24(27)42-6)22-12-10-19(2)31(36-22)32(40)37-44-7/h10-13,30H,8-9,14-18H2,1-7H3,(H,37,40)/t30-/m0/s1. The Morgan fingerprint density at radius 3 is 2.45 bits per heavy atom. The second-order valence-electron chi connectivity index (χ2n) is 13.2. The third-order valence-corrected chi connectivity index (χ3v) is 10.5. The summed E-state index contributed by atoms with van der Waals surface area (Å²) in [6.45, 7) is 10.5. The number of nitrogens with zero attached hydrogens (tertiary/aromatic N) is 2. The predicted octanol–water partition coefficient (Wildman–Crippen LogP) is 6.57. The van der Waals surface area contributed by atoms with Crippen molar-refractivity contribution in [2.45, 2.75) is 84.6 Å². The lowest BCUT2D eigenvalue weighted by Gasteiger charge is -2.50. The highest BCUT2D eigenvalue weighted by Crippen LogP contribution is 2.59. The molecule has 1 fully saturated rings. The molecule has 6 rings (SSSR count). The van der Waals surface area contributed by atoms with Crippen LogP contribution >= 0.6 is 11.9 Å². The Balaban J connectivity index is 1.58. The molecule has 2 aliphatic carbocycles. The van der Waals surface area contributed by atoms with Crippen molar-refractivity contribution in [1.29, 1.82) is 0 Å². The van der Waals surface area contributed by atoms with Crippen molar-refractivity contribution in [3.63, 3.8) is 0 Å². The van der Waals surface area contributed by atoms with Crippen LogP contribution in [0.5, 0.6) is 5.75 Å². The van der Waals surface area contributed by atoms with Crippen LogP contribution < -0.4 is 9.46 Å². The van der Waals surface area contributed by atoms with E-state index in [2.05, 4.69) is 18.6 Å². The number of carbonyl (C=O) groups is 3. The summed E-state index contributed by atoms with van der Waals surface area (Å²) in [5, 5.41) is 0. The molecule has 1 N–H and O–H groups in total. The Hall–Kier alpha value is -3.59. The van der Waals surface area contributed by atoms with Crippen LogP contribution in [0, 0.1) is 19.3 Å². The molecule has 1 aromatic heterocycles. The number of carbonyl (C=O) groups excluding carboxylic acids is 3. The maximum Gasteiger partial charge on any atom is 0.279 e. The molecule has 0 bridgehead atoms. The van der Waals surface area contributed by atoms with Crippen molar-refractivity contribution in [3.8, 4) is 17.0 Å². The summed E-state index contributed by atoms with van der Waals surface area (Å²) in [4.78, 5) is 48.1. The Morgan fingerprint density at radius 1 is 1.09 bits per heavy atom. The third-order valence-electron chi connectivity index (χ3n) is 10.1. The molecule has 0 unspecified atom stereocenters. The molecule has 0 saturated heterocycles. The Labute approximate surface area is 263 Å². The van der Waals surface area contributed by atoms with E-state index in [1.165, 1.54) is 11.9 Å². The highest BCUT2D eigenvalue weighted by atomic mass is 32.2. The monoisotopic (exact) mass is 615 g/mol. The van der Waals surface area contributed by atoms with Gasteiger partial charge in [0.2, 0.25) is 0 Å². The zero-order valence-electron chi connectivity index (χ0n) is 26.7. The predicted molar refractivity (Wildman–Crippen MR) is 171 cm³/mol. The van der Waals surface area contributed by atoms with Gasteiger partial charge >= 0.3 is 0 Å². The van der Waals surface area contributed by atoms with E-state index in [1.807, 2.05) is 49.9 Å². The molecule has 0 radical (unpaired) electrons. The van der Waals surface area contributed by atoms with Gasteiger partial charge in [-0.2, -0.15) is 0 Å². The van der Waals surface area contributed by atoms with Crippen LogP contribution in [0.15, 0.2) is 46.9 Å². The molecule has 1 aromatic carbocycles. The average Bonchev–Trinajstić information content (AvgIpc) is 2.95. The maximum absolute atomic E-state index is 14.4. The molecular formula is C35H41N3O5S. The zero-order chi connectivity index (χ0) is 31.6. The molecule has 2 aromatic rings. The molecule has 232 valence electrons. The number of nitrogens with one attached hydrogen (secondary N) is 1. The number of benzene rings is 1. The SMILES string of the molecule is CCN1C(=O)C2=C(CC1(C)C)OC1=C(C(=O)CC3(CCC3)C1)[C@@H]2c1c(OC)ccc(-c2ccc(C)c(C(=O)NSC)n2)c1C. The molecule has 9 heteroatoms. The van der Waals surface area contributed by atoms with Crippen molar-refractivity contribution in [3.05, 3.63) is 69.3 Å². The fraction of sp³-hybridized carbons (Fsp3) is 0.486. The van der Waals surface area contributed by atoms with E-state index in [-0.39, 0.29) is 23.0 Å². The number of methoxy groups -OCH3 is 1. The molecule has 44 heavy (non-hydrogen) atoms. The molecular weight excluding hydrogens is 574 g/mol. The van der Waals surface area contributed by atoms with E-state index >= 15 is 0 Å². The van der Waals surface area contributed by atoms with Gasteiger partial charge in [-0.1, -0.05) is 24.4 Å². The summed E-state index contributed by atoms with van der Waals surface area (Å²) in [7, 11) is 1.62. The largest absolute Gasteiger partial charge is 0.496 e. The molecule has 2 amide bonds. The number of ketones is 1. The normalized spacial score (nSPS) is 21.9. The number of aryl methyl sites for hydroxylation is 1. The van der Waals surface area contributed by atoms with Crippen molar-refractivity contribution < 1.29 is 23.9 Å². The van der Waals surface area contributed by atoms with Crippen LogP contribution in [0.2, 0.25) is 0 Å². The van der Waals surface area contributed by atoms with Crippen molar-refractivity contribution in [2.75, 3.05) is 19.9 Å². The number of pyridine rings is 1. The topological polar surface area (TPSA) is 97.8 Å². The number of hydrogen-bond acceptors (Lipinski definition) is 7. The molecule has 3 heterocycles. The molecule has 8 nitrogen and oxygen atoms in total. The van der Waals surface area contributed by atoms with Gasteiger partial charge in [0.25, 0.3) is 11.8 Å². The van der Waals surface area contributed by atoms with Crippen LogP contribution in [0.25, 0.3) is 11.3 Å². The summed E-state index contributed by atoms with van der Waals surface area (Å²) in [6, 6.07) is 7.62. The molecule has 4 aliphatic rings. The number of Topliss-reactive ketones (excluding diaryl/α,β-unsaturated/α-hetero) is 1. The van der Waals surface area contributed by atoms with Crippen LogP contribution in [-0.4, -0.2) is 52.9 Å². The third kappa shape index (κ3) is 4.75. The van der Waals surface area contributed by atoms with Crippen LogP contribution in [0.4, 0.5) is 0 Å². The summed E-state index contributed by atoms with van der Waals surface area (Å²) in [6.07, 6.45) is 6.70. The first-order chi connectivity index (χ1) is 20.9. The minimum atomic E-state index is -0.629. The van der Waals surface area contributed by atoms with Gasteiger partial charge in [-0.15, -0.1) is 0 Å². The van der Waals surface area contributed by atoms with E-state index < -0.39 is 11.5 Å². The van der Waals surface area contributed by atoms with Crippen LogP contribution in [0.1, 0.15) is 92.4 Å². The lowest BCUT2D eigenvalue weighted by atomic mass is 9.58. The fourth-order valence-electron chi connectivity index (χ4n) is 7.75. The Morgan fingerprint density at radius 2 is 1.82 bits per heavy atom. The van der Waals surface area contributed by atoms with Gasteiger partial charge in [0, 0.05) is 54.3 Å². The number of hydrogen-bond donors (Lipinski definition) is 1. The highest BCUT2D eigenvalue weighted by molar-refractivity contribution is 7.97. The van der Waals surface area contributed by atoms with Crippen molar-refractivity contribution in [2.24, 2.45) is 5.41 Å². The van der Waals surface area contributed by atoms with Gasteiger partial charge in [0.15, 0.2) is 5.78 Å². The highest BCUT2D eigenvalue weighted by Gasteiger charge is 2.53. The smallest absolute Gasteiger partial charge is 0.279 e. The van der Waals surface area contributed by atoms with Gasteiger partial charge in [0.05, 0.1) is 24.3 Å². The first-order valence-electron chi connectivity index (χ1n) is 15.4. The summed E-state index contributed by atoms with van der Waals surface area (Å²) < 4.78 is 15.4. The summed E-state index contributed by atoms with van der Waals surface area (Å²) >= 11 is 1.23. The minimum absolute atomic E-state index is 0.0390.